The van der Waals surface area contributed by atoms with E-state index in [0.717, 1.165) is 51.1 Å². The summed E-state index contributed by atoms with van der Waals surface area (Å²) in [6, 6.07) is 17.7. The Labute approximate surface area is 238 Å². The van der Waals surface area contributed by atoms with Crippen molar-refractivity contribution in [3.05, 3.63) is 93.8 Å². The lowest BCUT2D eigenvalue weighted by molar-refractivity contribution is 0.473. The van der Waals surface area contributed by atoms with Crippen LogP contribution in [0.4, 0.5) is 5.69 Å². The summed E-state index contributed by atoms with van der Waals surface area (Å²) in [4.78, 5) is 11.0. The van der Waals surface area contributed by atoms with Crippen molar-refractivity contribution < 1.29 is 17.7 Å². The maximum absolute atomic E-state index is 10.5. The third kappa shape index (κ3) is 9.43. The van der Waals surface area contributed by atoms with E-state index in [1.807, 2.05) is 75.5 Å². The van der Waals surface area contributed by atoms with Crippen LogP contribution in [0.2, 0.25) is 5.02 Å². The maximum atomic E-state index is 10.5. The Morgan fingerprint density at radius 3 is 2.33 bits per heavy atom. The molecule has 0 saturated carbocycles. The van der Waals surface area contributed by atoms with Crippen molar-refractivity contribution in [1.82, 2.24) is 14.3 Å². The highest BCUT2D eigenvalue weighted by molar-refractivity contribution is 7.85. The Balaban J connectivity index is 0.000000320. The standard InChI is InChI=1S/C21H23ClN4OS.C7H8O3S/c1-5-26(4)13-23-18-10-15(3)19(11-14(18)2)27-21-24-20(25-28-21)12-16-6-8-17(22)9-7-16;1-6-2-4-7(5-3-6)11(8,9)10/h6-11,13H,5,12H2,1-4H3;2-5H,1H3,(H,8,9,10)/b23-13-;. The number of nitrogens with zero attached hydrogens (tertiary/aromatic N) is 4. The Morgan fingerprint density at radius 2 is 1.72 bits per heavy atom. The van der Waals surface area contributed by atoms with Crippen LogP contribution < -0.4 is 4.74 Å². The second kappa shape index (κ2) is 13.7. The molecule has 0 spiro atoms. The minimum absolute atomic E-state index is 0.0666. The summed E-state index contributed by atoms with van der Waals surface area (Å²) < 4.78 is 39.9. The number of ether oxygens (including phenoxy) is 1. The molecule has 0 saturated heterocycles. The molecule has 1 heterocycles. The van der Waals surface area contributed by atoms with E-state index in [4.69, 9.17) is 20.9 Å². The molecule has 39 heavy (non-hydrogen) atoms. The quantitative estimate of drug-likeness (QED) is 0.134. The van der Waals surface area contributed by atoms with Gasteiger partial charge in [-0.3, -0.25) is 4.55 Å². The van der Waals surface area contributed by atoms with Crippen molar-refractivity contribution in [2.24, 2.45) is 4.99 Å². The molecule has 0 unspecified atom stereocenters. The van der Waals surface area contributed by atoms with Gasteiger partial charge in [0, 0.05) is 36.6 Å². The monoisotopic (exact) mass is 586 g/mol. The zero-order valence-corrected chi connectivity index (χ0v) is 24.8. The van der Waals surface area contributed by atoms with E-state index < -0.39 is 10.1 Å². The number of aromatic nitrogens is 2. The number of halogens is 1. The van der Waals surface area contributed by atoms with E-state index >= 15 is 0 Å². The van der Waals surface area contributed by atoms with Gasteiger partial charge in [0.1, 0.15) is 5.75 Å². The second-order valence-electron chi connectivity index (χ2n) is 8.89. The molecule has 1 aromatic heterocycles. The van der Waals surface area contributed by atoms with Crippen molar-refractivity contribution in [1.29, 1.82) is 0 Å². The van der Waals surface area contributed by atoms with E-state index in [2.05, 4.69) is 21.3 Å². The molecule has 0 radical (unpaired) electrons. The molecule has 8 nitrogen and oxygen atoms in total. The van der Waals surface area contributed by atoms with Crippen LogP contribution in [0.25, 0.3) is 0 Å². The predicted octanol–water partition coefficient (Wildman–Crippen LogP) is 7.04. The number of benzene rings is 3. The summed E-state index contributed by atoms with van der Waals surface area (Å²) in [5, 5.41) is 1.26. The van der Waals surface area contributed by atoms with Crippen molar-refractivity contribution in [3.63, 3.8) is 0 Å². The van der Waals surface area contributed by atoms with Gasteiger partial charge in [0.15, 0.2) is 5.82 Å². The summed E-state index contributed by atoms with van der Waals surface area (Å²) in [7, 11) is -2.02. The largest absolute Gasteiger partial charge is 0.430 e. The van der Waals surface area contributed by atoms with Crippen LogP contribution in [-0.2, 0) is 16.5 Å². The van der Waals surface area contributed by atoms with Gasteiger partial charge >= 0.3 is 0 Å². The van der Waals surface area contributed by atoms with Crippen molar-refractivity contribution >= 4 is 45.3 Å². The van der Waals surface area contributed by atoms with Crippen molar-refractivity contribution in [3.8, 4) is 10.9 Å². The lowest BCUT2D eigenvalue weighted by atomic mass is 10.1. The molecule has 0 atom stereocenters. The van der Waals surface area contributed by atoms with Gasteiger partial charge in [0.25, 0.3) is 15.3 Å². The normalized spacial score (nSPS) is 11.3. The first-order valence-electron chi connectivity index (χ1n) is 12.1. The first-order chi connectivity index (χ1) is 18.4. The Hall–Kier alpha value is -3.31. The second-order valence-corrected chi connectivity index (χ2v) is 11.5. The van der Waals surface area contributed by atoms with Crippen molar-refractivity contribution in [2.45, 2.75) is 39.0 Å². The van der Waals surface area contributed by atoms with E-state index in [0.29, 0.717) is 11.6 Å². The topological polar surface area (TPSA) is 105 Å². The highest BCUT2D eigenvalue weighted by Gasteiger charge is 2.11. The van der Waals surface area contributed by atoms with Gasteiger partial charge < -0.3 is 9.64 Å². The number of rotatable bonds is 8. The molecule has 4 aromatic rings. The molecule has 206 valence electrons. The average Bonchev–Trinajstić information content (AvgIpc) is 3.33. The fourth-order valence-corrected chi connectivity index (χ4v) is 4.37. The van der Waals surface area contributed by atoms with Crippen LogP contribution in [0.5, 0.6) is 10.9 Å². The number of hydrogen-bond donors (Lipinski definition) is 1. The van der Waals surface area contributed by atoms with Crippen LogP contribution in [0.15, 0.2) is 70.6 Å². The van der Waals surface area contributed by atoms with E-state index in [1.165, 1.54) is 23.7 Å². The first-order valence-corrected chi connectivity index (χ1v) is 14.7. The van der Waals surface area contributed by atoms with Crippen LogP contribution in [0, 0.1) is 20.8 Å². The molecule has 11 heteroatoms. The SMILES string of the molecule is CCN(C)/C=N\c1cc(C)c(Oc2nc(Cc3ccc(Cl)cc3)ns2)cc1C.Cc1ccc(S(=O)(=O)O)cc1. The van der Waals surface area contributed by atoms with Crippen LogP contribution in [-0.4, -0.2) is 47.2 Å². The fraction of sp³-hybridized carbons (Fsp3) is 0.250. The highest BCUT2D eigenvalue weighted by Crippen LogP contribution is 2.32. The van der Waals surface area contributed by atoms with Gasteiger partial charge in [-0.25, -0.2) is 4.99 Å². The van der Waals surface area contributed by atoms with Crippen LogP contribution >= 0.6 is 23.1 Å². The number of aliphatic imine (C=N–C) groups is 1. The zero-order valence-electron chi connectivity index (χ0n) is 22.4. The number of hydrogen-bond acceptors (Lipinski definition) is 7. The molecule has 4 rings (SSSR count). The Morgan fingerprint density at radius 1 is 1.05 bits per heavy atom. The smallest absolute Gasteiger partial charge is 0.298 e. The molecular formula is C28H31ClN4O4S2. The molecular weight excluding hydrogens is 556 g/mol. The van der Waals surface area contributed by atoms with Gasteiger partial charge in [-0.05, 0) is 80.8 Å². The van der Waals surface area contributed by atoms with Gasteiger partial charge in [-0.1, -0.05) is 41.4 Å². The molecule has 1 N–H and O–H groups in total. The molecule has 0 fully saturated rings. The summed E-state index contributed by atoms with van der Waals surface area (Å²) in [6.45, 7) is 8.88. The molecule has 3 aromatic carbocycles. The van der Waals surface area contributed by atoms with Gasteiger partial charge in [-0.2, -0.15) is 17.8 Å². The first kappa shape index (κ1) is 30.2. The van der Waals surface area contributed by atoms with E-state index in [-0.39, 0.29) is 4.90 Å². The third-order valence-corrected chi connectivity index (χ3v) is 7.38. The molecule has 0 aliphatic heterocycles. The highest BCUT2D eigenvalue weighted by atomic mass is 35.5. The zero-order chi connectivity index (χ0) is 28.6. The molecule has 0 aliphatic carbocycles. The Kier molecular flexibility index (Phi) is 10.6. The summed E-state index contributed by atoms with van der Waals surface area (Å²) in [5.41, 5.74) is 5.06. The van der Waals surface area contributed by atoms with E-state index in [9.17, 15) is 8.42 Å². The van der Waals surface area contributed by atoms with Crippen molar-refractivity contribution in [2.75, 3.05) is 13.6 Å². The average molecular weight is 587 g/mol. The van der Waals surface area contributed by atoms with Crippen LogP contribution in [0.1, 0.15) is 35.0 Å². The molecule has 0 bridgehead atoms. The summed E-state index contributed by atoms with van der Waals surface area (Å²) in [6.07, 6.45) is 2.49. The lowest BCUT2D eigenvalue weighted by Crippen LogP contribution is -2.14. The van der Waals surface area contributed by atoms with E-state index in [1.54, 1.807) is 12.1 Å². The van der Waals surface area contributed by atoms with Gasteiger partial charge in [-0.15, -0.1) is 0 Å². The third-order valence-electron chi connectivity index (χ3n) is 5.63. The fourth-order valence-electron chi connectivity index (χ4n) is 3.21. The lowest BCUT2D eigenvalue weighted by Gasteiger charge is -2.11. The molecule has 0 aliphatic rings. The summed E-state index contributed by atoms with van der Waals surface area (Å²) in [5.74, 6) is 1.51. The number of aryl methyl sites for hydroxylation is 3. The predicted molar refractivity (Wildman–Crippen MR) is 158 cm³/mol. The van der Waals surface area contributed by atoms with Gasteiger partial charge in [0.2, 0.25) is 0 Å². The van der Waals surface area contributed by atoms with Crippen LogP contribution in [0.3, 0.4) is 0 Å². The Bertz CT molecular complexity index is 1520. The minimum Gasteiger partial charge on any atom is -0.430 e. The molecule has 0 amide bonds. The van der Waals surface area contributed by atoms with Gasteiger partial charge in [0.05, 0.1) is 16.9 Å². The minimum atomic E-state index is -4.02. The summed E-state index contributed by atoms with van der Waals surface area (Å²) >= 11 is 7.19. The maximum Gasteiger partial charge on any atom is 0.298 e.